The second-order valence-corrected chi connectivity index (χ2v) is 4.61. The molecule has 1 aromatic rings. The molecule has 1 N–H and O–H groups in total. The van der Waals surface area contributed by atoms with Crippen LogP contribution in [0, 0.1) is 0 Å². The van der Waals surface area contributed by atoms with Crippen molar-refractivity contribution in [3.8, 4) is 0 Å². The Morgan fingerprint density at radius 2 is 1.82 bits per heavy atom. The molecule has 0 radical (unpaired) electrons. The van der Waals surface area contributed by atoms with E-state index in [1.807, 2.05) is 0 Å². The summed E-state index contributed by atoms with van der Waals surface area (Å²) in [6.45, 7) is 7.21. The van der Waals surface area contributed by atoms with Crippen molar-refractivity contribution in [3.63, 3.8) is 0 Å². The van der Waals surface area contributed by atoms with Crippen LogP contribution in [0.4, 0.5) is 0 Å². The topological polar surface area (TPSA) is 21.3 Å². The van der Waals surface area contributed by atoms with Crippen LogP contribution in [-0.4, -0.2) is 25.8 Å². The van der Waals surface area contributed by atoms with Crippen molar-refractivity contribution in [3.05, 3.63) is 35.9 Å². The minimum absolute atomic E-state index is 0.362. The summed E-state index contributed by atoms with van der Waals surface area (Å²) in [6, 6.07) is 10.6. The molecule has 1 aromatic carbocycles. The highest BCUT2D eigenvalue weighted by atomic mass is 16.5. The largest absolute Gasteiger partial charge is 0.379 e. The van der Waals surface area contributed by atoms with Gasteiger partial charge in [-0.05, 0) is 51.8 Å². The lowest BCUT2D eigenvalue weighted by Gasteiger charge is -2.07. The normalized spacial score (nSPS) is 11.0. The third-order valence-corrected chi connectivity index (χ3v) is 2.63. The van der Waals surface area contributed by atoms with E-state index >= 15 is 0 Å². The van der Waals surface area contributed by atoms with Gasteiger partial charge in [-0.15, -0.1) is 0 Å². The maximum atomic E-state index is 5.49. The molecule has 17 heavy (non-hydrogen) atoms. The van der Waals surface area contributed by atoms with Gasteiger partial charge in [-0.25, -0.2) is 0 Å². The Morgan fingerprint density at radius 1 is 1.06 bits per heavy atom. The SMILES string of the molecule is CC(C)OCCCCNCCc1ccccc1. The number of unbranched alkanes of at least 4 members (excludes halogenated alkanes) is 1. The fraction of sp³-hybridized carbons (Fsp3) is 0.600. The molecule has 0 bridgehead atoms. The van der Waals surface area contributed by atoms with Gasteiger partial charge >= 0.3 is 0 Å². The number of nitrogens with one attached hydrogen (secondary N) is 1. The Kier molecular flexibility index (Phi) is 7.69. The molecule has 96 valence electrons. The molecule has 1 rings (SSSR count). The summed E-state index contributed by atoms with van der Waals surface area (Å²) in [5, 5.41) is 3.47. The molecule has 0 aliphatic carbocycles. The van der Waals surface area contributed by atoms with E-state index in [4.69, 9.17) is 4.74 Å². The summed E-state index contributed by atoms with van der Waals surface area (Å²) in [5.41, 5.74) is 1.41. The minimum atomic E-state index is 0.362. The number of rotatable bonds is 9. The highest BCUT2D eigenvalue weighted by Crippen LogP contribution is 1.98. The first kappa shape index (κ1) is 14.2. The molecule has 0 saturated carbocycles. The Morgan fingerprint density at radius 3 is 2.53 bits per heavy atom. The number of hydrogen-bond donors (Lipinski definition) is 1. The number of benzene rings is 1. The minimum Gasteiger partial charge on any atom is -0.379 e. The van der Waals surface area contributed by atoms with Gasteiger partial charge in [0, 0.05) is 6.61 Å². The highest BCUT2D eigenvalue weighted by molar-refractivity contribution is 5.14. The van der Waals surface area contributed by atoms with Gasteiger partial charge in [0.25, 0.3) is 0 Å². The number of hydrogen-bond acceptors (Lipinski definition) is 2. The van der Waals surface area contributed by atoms with E-state index in [-0.39, 0.29) is 0 Å². The average Bonchev–Trinajstić information content (AvgIpc) is 2.33. The monoisotopic (exact) mass is 235 g/mol. The van der Waals surface area contributed by atoms with E-state index in [0.29, 0.717) is 6.10 Å². The zero-order valence-electron chi connectivity index (χ0n) is 11.1. The third kappa shape index (κ3) is 7.94. The predicted molar refractivity (Wildman–Crippen MR) is 73.3 cm³/mol. The molecule has 0 aromatic heterocycles. The van der Waals surface area contributed by atoms with Crippen LogP contribution in [0.2, 0.25) is 0 Å². The summed E-state index contributed by atoms with van der Waals surface area (Å²) in [7, 11) is 0. The van der Waals surface area contributed by atoms with E-state index < -0.39 is 0 Å². The average molecular weight is 235 g/mol. The first-order valence-electron chi connectivity index (χ1n) is 6.65. The summed E-state index contributed by atoms with van der Waals surface area (Å²) < 4.78 is 5.49. The van der Waals surface area contributed by atoms with Crippen LogP contribution in [0.15, 0.2) is 30.3 Å². The lowest BCUT2D eigenvalue weighted by Crippen LogP contribution is -2.19. The molecule has 2 heteroatoms. The second-order valence-electron chi connectivity index (χ2n) is 4.61. The molecular weight excluding hydrogens is 210 g/mol. The Bertz CT molecular complexity index is 272. The quantitative estimate of drug-likeness (QED) is 0.664. The Balaban J connectivity index is 1.88. The first-order valence-corrected chi connectivity index (χ1v) is 6.65. The first-order chi connectivity index (χ1) is 8.29. The van der Waals surface area contributed by atoms with Crippen molar-refractivity contribution in [2.75, 3.05) is 19.7 Å². The molecule has 0 fully saturated rings. The zero-order chi connectivity index (χ0) is 12.3. The van der Waals surface area contributed by atoms with Crippen molar-refractivity contribution < 1.29 is 4.74 Å². The van der Waals surface area contributed by atoms with Crippen LogP contribution in [0.25, 0.3) is 0 Å². The molecule has 0 aliphatic rings. The van der Waals surface area contributed by atoms with E-state index in [9.17, 15) is 0 Å². The Hall–Kier alpha value is -0.860. The molecule has 0 saturated heterocycles. The molecular formula is C15H25NO. The Labute approximate surface area is 105 Å². The van der Waals surface area contributed by atoms with Gasteiger partial charge in [-0.1, -0.05) is 30.3 Å². The van der Waals surface area contributed by atoms with Crippen LogP contribution in [-0.2, 0) is 11.2 Å². The van der Waals surface area contributed by atoms with E-state index in [1.165, 1.54) is 12.0 Å². The summed E-state index contributed by atoms with van der Waals surface area (Å²) in [5.74, 6) is 0. The lowest BCUT2D eigenvalue weighted by atomic mass is 10.1. The molecule has 0 unspecified atom stereocenters. The van der Waals surface area contributed by atoms with Crippen LogP contribution < -0.4 is 5.32 Å². The second kappa shape index (κ2) is 9.20. The fourth-order valence-electron chi connectivity index (χ4n) is 1.67. The fourth-order valence-corrected chi connectivity index (χ4v) is 1.67. The third-order valence-electron chi connectivity index (χ3n) is 2.63. The van der Waals surface area contributed by atoms with Crippen molar-refractivity contribution in [2.45, 2.75) is 39.2 Å². The van der Waals surface area contributed by atoms with E-state index in [0.717, 1.165) is 32.5 Å². The molecule has 0 aliphatic heterocycles. The smallest absolute Gasteiger partial charge is 0.0518 e. The maximum Gasteiger partial charge on any atom is 0.0518 e. The van der Waals surface area contributed by atoms with E-state index in [2.05, 4.69) is 49.5 Å². The summed E-state index contributed by atoms with van der Waals surface area (Å²) in [4.78, 5) is 0. The van der Waals surface area contributed by atoms with Crippen molar-refractivity contribution in [2.24, 2.45) is 0 Å². The van der Waals surface area contributed by atoms with Gasteiger partial charge < -0.3 is 10.1 Å². The number of ether oxygens (including phenoxy) is 1. The van der Waals surface area contributed by atoms with Crippen LogP contribution in [0.3, 0.4) is 0 Å². The van der Waals surface area contributed by atoms with E-state index in [1.54, 1.807) is 0 Å². The van der Waals surface area contributed by atoms with Crippen LogP contribution in [0.1, 0.15) is 32.3 Å². The predicted octanol–water partition coefficient (Wildman–Crippen LogP) is 3.02. The van der Waals surface area contributed by atoms with Gasteiger partial charge in [0.15, 0.2) is 0 Å². The van der Waals surface area contributed by atoms with Gasteiger partial charge in [0.1, 0.15) is 0 Å². The van der Waals surface area contributed by atoms with Gasteiger partial charge in [0.2, 0.25) is 0 Å². The van der Waals surface area contributed by atoms with Crippen molar-refractivity contribution in [1.82, 2.24) is 5.32 Å². The highest BCUT2D eigenvalue weighted by Gasteiger charge is 1.94. The molecule has 0 heterocycles. The van der Waals surface area contributed by atoms with Gasteiger partial charge in [-0.3, -0.25) is 0 Å². The molecule has 0 amide bonds. The van der Waals surface area contributed by atoms with Gasteiger partial charge in [0.05, 0.1) is 6.10 Å². The summed E-state index contributed by atoms with van der Waals surface area (Å²) >= 11 is 0. The van der Waals surface area contributed by atoms with Crippen molar-refractivity contribution in [1.29, 1.82) is 0 Å². The van der Waals surface area contributed by atoms with Crippen LogP contribution in [0.5, 0.6) is 0 Å². The maximum absolute atomic E-state index is 5.49. The lowest BCUT2D eigenvalue weighted by molar-refractivity contribution is 0.0760. The van der Waals surface area contributed by atoms with Gasteiger partial charge in [-0.2, -0.15) is 0 Å². The molecule has 0 spiro atoms. The van der Waals surface area contributed by atoms with Crippen molar-refractivity contribution >= 4 is 0 Å². The standard InChI is InChI=1S/C15H25NO/c1-14(2)17-13-7-6-11-16-12-10-15-8-4-3-5-9-15/h3-5,8-9,14,16H,6-7,10-13H2,1-2H3. The van der Waals surface area contributed by atoms with Crippen LogP contribution >= 0.6 is 0 Å². The molecule has 0 atom stereocenters. The summed E-state index contributed by atoms with van der Waals surface area (Å²) in [6.07, 6.45) is 3.82. The molecule has 2 nitrogen and oxygen atoms in total. The zero-order valence-corrected chi connectivity index (χ0v) is 11.1.